The Morgan fingerprint density at radius 2 is 2.07 bits per heavy atom. The van der Waals surface area contributed by atoms with Crippen molar-refractivity contribution in [2.24, 2.45) is 11.8 Å². The van der Waals surface area contributed by atoms with Crippen molar-refractivity contribution < 1.29 is 20.1 Å². The summed E-state index contributed by atoms with van der Waals surface area (Å²) in [6, 6.07) is 0.453. The molecule has 3 rings (SSSR count). The van der Waals surface area contributed by atoms with Crippen LogP contribution in [0.25, 0.3) is 0 Å². The third kappa shape index (κ3) is 4.96. The fourth-order valence-corrected chi connectivity index (χ4v) is 6.09. The Morgan fingerprint density at radius 1 is 1.34 bits per heavy atom. The van der Waals surface area contributed by atoms with Gasteiger partial charge in [-0.25, -0.2) is 4.79 Å². The van der Waals surface area contributed by atoms with E-state index in [-0.39, 0.29) is 18.1 Å². The van der Waals surface area contributed by atoms with Crippen molar-refractivity contribution in [2.75, 3.05) is 13.2 Å². The largest absolute Gasteiger partial charge is 0.478 e. The molecule has 0 amide bonds. The second-order valence-electron chi connectivity index (χ2n) is 8.87. The van der Waals surface area contributed by atoms with E-state index in [1.165, 1.54) is 12.8 Å². The molecule has 1 saturated carbocycles. The molecule has 0 radical (unpaired) electrons. The monoisotopic (exact) mass is 423 g/mol. The van der Waals surface area contributed by atoms with E-state index >= 15 is 0 Å². The number of rotatable bonds is 7. The van der Waals surface area contributed by atoms with Gasteiger partial charge in [0.2, 0.25) is 0 Å². The van der Waals surface area contributed by atoms with Crippen LogP contribution in [0.15, 0.2) is 34.9 Å². The summed E-state index contributed by atoms with van der Waals surface area (Å²) in [6.45, 7) is 2.73. The lowest BCUT2D eigenvalue weighted by Crippen LogP contribution is -2.61. The van der Waals surface area contributed by atoms with E-state index in [1.807, 2.05) is 6.08 Å². The summed E-state index contributed by atoms with van der Waals surface area (Å²) in [7, 11) is 0. The fourth-order valence-electron chi connectivity index (χ4n) is 5.88. The first-order chi connectivity index (χ1) is 13.9. The minimum absolute atomic E-state index is 0.0312. The molecule has 29 heavy (non-hydrogen) atoms. The van der Waals surface area contributed by atoms with E-state index < -0.39 is 12.1 Å². The number of hydrogen-bond acceptors (Lipinski definition) is 4. The zero-order valence-corrected chi connectivity index (χ0v) is 18.0. The number of aliphatic carboxylic acids is 1. The molecule has 162 valence electrons. The standard InChI is InChI=1S/C23H34ClNO4/c1-16(6-9-20(27)14-18(24)10-13-26)21-5-3-12-23(21)11-2-4-19-8-7-17(22(28)29)15-25(19)23/h6-7,9,14,16,19-21,26-27H,2-5,8,10-13,15H2,1H3,(H,28,29)/b9-6+,18-14-/t16-,19+,20+,21+,23+/m0/s1. The summed E-state index contributed by atoms with van der Waals surface area (Å²) in [5.41, 5.74) is 0.604. The van der Waals surface area contributed by atoms with Crippen LogP contribution in [-0.4, -0.2) is 57.0 Å². The normalized spacial score (nSPS) is 33.0. The van der Waals surface area contributed by atoms with E-state index in [0.29, 0.717) is 35.5 Å². The van der Waals surface area contributed by atoms with E-state index in [9.17, 15) is 15.0 Å². The predicted octanol–water partition coefficient (Wildman–Crippen LogP) is 3.85. The van der Waals surface area contributed by atoms with Gasteiger partial charge in [-0.05, 0) is 50.0 Å². The third-order valence-corrected chi connectivity index (χ3v) is 7.49. The van der Waals surface area contributed by atoms with E-state index in [0.717, 1.165) is 32.1 Å². The van der Waals surface area contributed by atoms with Crippen LogP contribution in [0.2, 0.25) is 0 Å². The Hall–Kier alpha value is -1.14. The highest BCUT2D eigenvalue weighted by molar-refractivity contribution is 6.29. The maximum atomic E-state index is 11.6. The van der Waals surface area contributed by atoms with E-state index in [4.69, 9.17) is 16.7 Å². The average molecular weight is 424 g/mol. The van der Waals surface area contributed by atoms with Gasteiger partial charge < -0.3 is 15.3 Å². The maximum absolute atomic E-state index is 11.6. The molecular formula is C23H34ClNO4. The topological polar surface area (TPSA) is 81.0 Å². The number of carboxylic acids is 1. The summed E-state index contributed by atoms with van der Waals surface area (Å²) in [6.07, 6.45) is 14.7. The van der Waals surface area contributed by atoms with Gasteiger partial charge in [-0.1, -0.05) is 49.6 Å². The Balaban J connectivity index is 1.75. The molecule has 5 nitrogen and oxygen atoms in total. The quantitative estimate of drug-likeness (QED) is 0.542. The lowest BCUT2D eigenvalue weighted by atomic mass is 9.70. The molecule has 1 spiro atoms. The molecule has 0 aromatic rings. The second-order valence-corrected chi connectivity index (χ2v) is 9.35. The molecule has 5 atom stereocenters. The summed E-state index contributed by atoms with van der Waals surface area (Å²) in [5.74, 6) is -0.0461. The van der Waals surface area contributed by atoms with Crippen molar-refractivity contribution in [3.63, 3.8) is 0 Å². The van der Waals surface area contributed by atoms with Gasteiger partial charge >= 0.3 is 5.97 Å². The highest BCUT2D eigenvalue weighted by Crippen LogP contribution is 2.52. The van der Waals surface area contributed by atoms with Gasteiger partial charge in [0.25, 0.3) is 0 Å². The van der Waals surface area contributed by atoms with Crippen LogP contribution in [0.1, 0.15) is 58.3 Å². The molecule has 2 heterocycles. The highest BCUT2D eigenvalue weighted by Gasteiger charge is 2.52. The van der Waals surface area contributed by atoms with Crippen LogP contribution in [-0.2, 0) is 4.79 Å². The maximum Gasteiger partial charge on any atom is 0.332 e. The second kappa shape index (κ2) is 9.78. The molecule has 3 N–H and O–H groups in total. The smallest absolute Gasteiger partial charge is 0.332 e. The summed E-state index contributed by atoms with van der Waals surface area (Å²) < 4.78 is 0. The number of fused-ring (bicyclic) bond motifs is 2. The van der Waals surface area contributed by atoms with Crippen LogP contribution in [0.5, 0.6) is 0 Å². The first kappa shape index (κ1) is 22.5. The number of carbonyl (C=O) groups is 1. The van der Waals surface area contributed by atoms with Crippen molar-refractivity contribution in [1.82, 2.24) is 4.90 Å². The molecule has 0 aromatic carbocycles. The number of halogens is 1. The molecule has 2 fully saturated rings. The van der Waals surface area contributed by atoms with Gasteiger partial charge in [0.15, 0.2) is 0 Å². The molecule has 6 heteroatoms. The molecule has 1 aliphatic carbocycles. The third-order valence-electron chi connectivity index (χ3n) is 7.18. The van der Waals surface area contributed by atoms with Crippen molar-refractivity contribution in [2.45, 2.75) is 76.0 Å². The molecule has 3 aliphatic rings. The molecule has 0 bridgehead atoms. The number of carboxylic acid groups (broad SMARTS) is 1. The molecule has 0 aromatic heterocycles. The van der Waals surface area contributed by atoms with Crippen molar-refractivity contribution >= 4 is 17.6 Å². The molecular weight excluding hydrogens is 390 g/mol. The lowest BCUT2D eigenvalue weighted by Gasteiger charge is -2.55. The summed E-state index contributed by atoms with van der Waals surface area (Å²) in [4.78, 5) is 14.1. The SMILES string of the molecule is C[C@@H](/C=C/[C@@H](O)/C=C(\Cl)CCO)[C@H]1CCC[C@]12CCC[C@@H]1CC=C(C(=O)O)CN12. The zero-order chi connectivity index (χ0) is 21.0. The number of piperidine rings is 1. The van der Waals surface area contributed by atoms with Crippen LogP contribution in [0, 0.1) is 11.8 Å². The number of allylic oxidation sites excluding steroid dienone is 1. The van der Waals surface area contributed by atoms with Gasteiger partial charge in [-0.3, -0.25) is 4.90 Å². The first-order valence-corrected chi connectivity index (χ1v) is 11.3. The Bertz CT molecular complexity index is 688. The molecule has 2 aliphatic heterocycles. The van der Waals surface area contributed by atoms with Crippen LogP contribution in [0.3, 0.4) is 0 Å². The van der Waals surface area contributed by atoms with Gasteiger partial charge in [0.05, 0.1) is 6.10 Å². The van der Waals surface area contributed by atoms with Gasteiger partial charge in [-0.15, -0.1) is 0 Å². The minimum Gasteiger partial charge on any atom is -0.478 e. The zero-order valence-electron chi connectivity index (χ0n) is 17.3. The van der Waals surface area contributed by atoms with Crippen LogP contribution >= 0.6 is 11.6 Å². The number of hydrogen-bond donors (Lipinski definition) is 3. The Kier molecular flexibility index (Phi) is 7.60. The highest BCUT2D eigenvalue weighted by atomic mass is 35.5. The van der Waals surface area contributed by atoms with Crippen molar-refractivity contribution in [3.05, 3.63) is 34.9 Å². The van der Waals surface area contributed by atoms with Crippen LogP contribution < -0.4 is 0 Å². The molecule has 1 saturated heterocycles. The molecule has 0 unspecified atom stereocenters. The van der Waals surface area contributed by atoms with E-state index in [1.54, 1.807) is 12.2 Å². The Morgan fingerprint density at radius 3 is 2.76 bits per heavy atom. The van der Waals surface area contributed by atoms with Gasteiger partial charge in [0, 0.05) is 41.8 Å². The average Bonchev–Trinajstić information content (AvgIpc) is 3.10. The predicted molar refractivity (Wildman–Crippen MR) is 115 cm³/mol. The first-order valence-electron chi connectivity index (χ1n) is 10.9. The van der Waals surface area contributed by atoms with Crippen molar-refractivity contribution in [3.8, 4) is 0 Å². The number of aliphatic hydroxyl groups excluding tert-OH is 2. The minimum atomic E-state index is -0.790. The van der Waals surface area contributed by atoms with Gasteiger partial charge in [-0.2, -0.15) is 0 Å². The van der Waals surface area contributed by atoms with Crippen LogP contribution in [0.4, 0.5) is 0 Å². The number of aliphatic hydroxyl groups is 2. The summed E-state index contributed by atoms with van der Waals surface area (Å²) >= 11 is 6.00. The number of nitrogens with zero attached hydrogens (tertiary/aromatic N) is 1. The fraction of sp³-hybridized carbons (Fsp3) is 0.696. The van der Waals surface area contributed by atoms with Gasteiger partial charge in [0.1, 0.15) is 0 Å². The summed E-state index contributed by atoms with van der Waals surface area (Å²) in [5, 5.41) is 29.1. The van der Waals surface area contributed by atoms with E-state index in [2.05, 4.69) is 17.9 Å². The van der Waals surface area contributed by atoms with Crippen molar-refractivity contribution in [1.29, 1.82) is 0 Å². The Labute approximate surface area is 178 Å². The lowest BCUT2D eigenvalue weighted by molar-refractivity contribution is -0.134.